The number of carbonyl (C=O) groups excluding carboxylic acids is 1. The molecule has 0 saturated carbocycles. The molecule has 0 aliphatic carbocycles. The molecule has 1 amide bonds. The summed E-state index contributed by atoms with van der Waals surface area (Å²) < 4.78 is 0. The molecule has 0 radical (unpaired) electrons. The van der Waals surface area contributed by atoms with Crippen molar-refractivity contribution >= 4 is 5.91 Å². The fourth-order valence-corrected chi connectivity index (χ4v) is 1.94. The third kappa shape index (κ3) is 2.46. The molecule has 1 fully saturated rings. The van der Waals surface area contributed by atoms with Gasteiger partial charge in [-0.05, 0) is 26.2 Å². The molecule has 0 unspecified atom stereocenters. The fourth-order valence-electron chi connectivity index (χ4n) is 1.94. The minimum Gasteiger partial charge on any atom is -0.391 e. The lowest BCUT2D eigenvalue weighted by Crippen LogP contribution is -2.48. The standard InChI is InChI=1S/C10H16N2O2/c1-8(13)9-4-2-3-7-12(9)10(14)5-6-11/h8-9,13H,2-5,7H2,1H3/t8-,9-/m0/s1. The number of aliphatic hydroxyl groups is 1. The van der Waals surface area contributed by atoms with Crippen LogP contribution in [0.1, 0.15) is 32.6 Å². The second kappa shape index (κ2) is 4.97. The van der Waals surface area contributed by atoms with Crippen LogP contribution in [-0.2, 0) is 4.79 Å². The Morgan fingerprint density at radius 2 is 2.43 bits per heavy atom. The molecule has 4 heteroatoms. The van der Waals surface area contributed by atoms with Crippen molar-refractivity contribution in [1.29, 1.82) is 5.26 Å². The van der Waals surface area contributed by atoms with Crippen LogP contribution in [0.5, 0.6) is 0 Å². The summed E-state index contributed by atoms with van der Waals surface area (Å²) in [6, 6.07) is 1.76. The summed E-state index contributed by atoms with van der Waals surface area (Å²) >= 11 is 0. The molecule has 0 aromatic carbocycles. The van der Waals surface area contributed by atoms with E-state index in [1.807, 2.05) is 6.07 Å². The predicted molar refractivity (Wildman–Crippen MR) is 51.3 cm³/mol. The van der Waals surface area contributed by atoms with Crippen LogP contribution in [0.2, 0.25) is 0 Å². The van der Waals surface area contributed by atoms with Crippen LogP contribution in [0.4, 0.5) is 0 Å². The van der Waals surface area contributed by atoms with E-state index >= 15 is 0 Å². The van der Waals surface area contributed by atoms with E-state index in [-0.39, 0.29) is 18.4 Å². The van der Waals surface area contributed by atoms with Crippen molar-refractivity contribution in [3.05, 3.63) is 0 Å². The first kappa shape index (κ1) is 11.0. The number of nitrogens with zero attached hydrogens (tertiary/aromatic N) is 2. The average molecular weight is 196 g/mol. The quantitative estimate of drug-likeness (QED) is 0.705. The summed E-state index contributed by atoms with van der Waals surface area (Å²) in [5, 5.41) is 17.9. The van der Waals surface area contributed by atoms with Crippen LogP contribution in [0.3, 0.4) is 0 Å². The zero-order valence-electron chi connectivity index (χ0n) is 8.44. The average Bonchev–Trinajstić information content (AvgIpc) is 2.18. The second-order valence-corrected chi connectivity index (χ2v) is 3.73. The topological polar surface area (TPSA) is 64.3 Å². The molecule has 1 aliphatic rings. The van der Waals surface area contributed by atoms with E-state index in [1.165, 1.54) is 0 Å². The summed E-state index contributed by atoms with van der Waals surface area (Å²) in [4.78, 5) is 13.2. The van der Waals surface area contributed by atoms with E-state index in [0.29, 0.717) is 6.54 Å². The van der Waals surface area contributed by atoms with Gasteiger partial charge >= 0.3 is 0 Å². The van der Waals surface area contributed by atoms with Crippen molar-refractivity contribution in [2.75, 3.05) is 6.54 Å². The Balaban J connectivity index is 2.63. The first-order valence-electron chi connectivity index (χ1n) is 5.01. The highest BCUT2D eigenvalue weighted by Gasteiger charge is 2.29. The number of likely N-dealkylation sites (tertiary alicyclic amines) is 1. The van der Waals surface area contributed by atoms with Crippen LogP contribution >= 0.6 is 0 Å². The van der Waals surface area contributed by atoms with Crippen molar-refractivity contribution in [2.24, 2.45) is 0 Å². The molecule has 0 aromatic heterocycles. The summed E-state index contributed by atoms with van der Waals surface area (Å²) in [6.07, 6.45) is 2.28. The Kier molecular flexibility index (Phi) is 3.90. The number of hydrogen-bond donors (Lipinski definition) is 1. The van der Waals surface area contributed by atoms with E-state index in [2.05, 4.69) is 0 Å². The highest BCUT2D eigenvalue weighted by atomic mass is 16.3. The third-order valence-electron chi connectivity index (χ3n) is 2.66. The molecule has 78 valence electrons. The number of piperidine rings is 1. The van der Waals surface area contributed by atoms with Gasteiger partial charge in [-0.25, -0.2) is 0 Å². The SMILES string of the molecule is C[C@H](O)[C@@H]1CCCCN1C(=O)CC#N. The summed E-state index contributed by atoms with van der Waals surface area (Å²) in [6.45, 7) is 2.37. The van der Waals surface area contributed by atoms with Crippen LogP contribution in [0, 0.1) is 11.3 Å². The van der Waals surface area contributed by atoms with E-state index in [0.717, 1.165) is 19.3 Å². The first-order valence-corrected chi connectivity index (χ1v) is 5.01. The molecule has 14 heavy (non-hydrogen) atoms. The monoisotopic (exact) mass is 196 g/mol. The summed E-state index contributed by atoms with van der Waals surface area (Å²) in [5.74, 6) is -0.155. The number of carbonyl (C=O) groups is 1. The number of amides is 1. The van der Waals surface area contributed by atoms with Gasteiger partial charge in [-0.15, -0.1) is 0 Å². The van der Waals surface area contributed by atoms with Gasteiger partial charge in [-0.1, -0.05) is 0 Å². The van der Waals surface area contributed by atoms with Gasteiger partial charge in [0.1, 0.15) is 6.42 Å². The molecule has 0 aromatic rings. The number of nitriles is 1. The van der Waals surface area contributed by atoms with Gasteiger partial charge in [0.2, 0.25) is 5.91 Å². The normalized spacial score (nSPS) is 24.1. The van der Waals surface area contributed by atoms with Gasteiger partial charge < -0.3 is 10.0 Å². The highest BCUT2D eigenvalue weighted by molar-refractivity contribution is 5.78. The van der Waals surface area contributed by atoms with Crippen molar-refractivity contribution in [3.8, 4) is 6.07 Å². The van der Waals surface area contributed by atoms with Gasteiger partial charge in [0.25, 0.3) is 0 Å². The van der Waals surface area contributed by atoms with Crippen LogP contribution in [-0.4, -0.2) is 34.6 Å². The Morgan fingerprint density at radius 3 is 3.00 bits per heavy atom. The predicted octanol–water partition coefficient (Wildman–Crippen LogP) is 0.662. The van der Waals surface area contributed by atoms with Gasteiger partial charge in [0.15, 0.2) is 0 Å². The van der Waals surface area contributed by atoms with E-state index in [4.69, 9.17) is 5.26 Å². The van der Waals surface area contributed by atoms with Gasteiger partial charge in [-0.2, -0.15) is 5.26 Å². The van der Waals surface area contributed by atoms with Crippen molar-refractivity contribution in [1.82, 2.24) is 4.90 Å². The van der Waals surface area contributed by atoms with E-state index in [1.54, 1.807) is 11.8 Å². The highest BCUT2D eigenvalue weighted by Crippen LogP contribution is 2.20. The largest absolute Gasteiger partial charge is 0.391 e. The fraction of sp³-hybridized carbons (Fsp3) is 0.800. The molecule has 4 nitrogen and oxygen atoms in total. The number of aliphatic hydroxyl groups excluding tert-OH is 1. The zero-order chi connectivity index (χ0) is 10.6. The Labute approximate surface area is 84.1 Å². The van der Waals surface area contributed by atoms with Gasteiger partial charge in [-0.3, -0.25) is 4.79 Å². The lowest BCUT2D eigenvalue weighted by atomic mass is 9.98. The Morgan fingerprint density at radius 1 is 1.71 bits per heavy atom. The van der Waals surface area contributed by atoms with Crippen LogP contribution in [0.15, 0.2) is 0 Å². The maximum atomic E-state index is 11.5. The van der Waals surface area contributed by atoms with Gasteiger partial charge in [0, 0.05) is 6.54 Å². The molecule has 2 atom stereocenters. The molecule has 1 aliphatic heterocycles. The zero-order valence-corrected chi connectivity index (χ0v) is 8.44. The molecule has 1 saturated heterocycles. The second-order valence-electron chi connectivity index (χ2n) is 3.73. The van der Waals surface area contributed by atoms with E-state index in [9.17, 15) is 9.90 Å². The Bertz CT molecular complexity index is 245. The molecule has 1 heterocycles. The maximum absolute atomic E-state index is 11.5. The molecular formula is C10H16N2O2. The third-order valence-corrected chi connectivity index (χ3v) is 2.66. The summed E-state index contributed by atoms with van der Waals surface area (Å²) in [5.41, 5.74) is 0. The molecule has 0 bridgehead atoms. The summed E-state index contributed by atoms with van der Waals surface area (Å²) in [7, 11) is 0. The van der Waals surface area contributed by atoms with Crippen LogP contribution in [0.25, 0.3) is 0 Å². The minimum absolute atomic E-state index is 0.0801. The lowest BCUT2D eigenvalue weighted by Gasteiger charge is -2.37. The van der Waals surface area contributed by atoms with Crippen molar-refractivity contribution in [3.63, 3.8) is 0 Å². The van der Waals surface area contributed by atoms with E-state index < -0.39 is 6.10 Å². The number of rotatable bonds is 2. The molecular weight excluding hydrogens is 180 g/mol. The minimum atomic E-state index is -0.502. The molecule has 1 N–H and O–H groups in total. The molecule has 1 rings (SSSR count). The maximum Gasteiger partial charge on any atom is 0.237 e. The number of hydrogen-bond acceptors (Lipinski definition) is 3. The smallest absolute Gasteiger partial charge is 0.237 e. The van der Waals surface area contributed by atoms with Crippen molar-refractivity contribution < 1.29 is 9.90 Å². The molecule has 0 spiro atoms. The lowest BCUT2D eigenvalue weighted by molar-refractivity contribution is -0.136. The van der Waals surface area contributed by atoms with Gasteiger partial charge in [0.05, 0.1) is 18.2 Å². The Hall–Kier alpha value is -1.08. The first-order chi connectivity index (χ1) is 6.66. The van der Waals surface area contributed by atoms with Crippen molar-refractivity contribution in [2.45, 2.75) is 44.8 Å². The van der Waals surface area contributed by atoms with Crippen LogP contribution < -0.4 is 0 Å².